The van der Waals surface area contributed by atoms with E-state index in [0.29, 0.717) is 23.9 Å². The molecule has 2 N–H and O–H groups in total. The Kier molecular flexibility index (Phi) is 3.05. The smallest absolute Gasteiger partial charge is 0.142 e. The molecule has 0 aliphatic heterocycles. The standard InChI is InChI=1S/C8H10ClNO/c9-5-6-11-8-4-2-1-3-7(8)10/h1-4H,5-6,10H2. The van der Waals surface area contributed by atoms with Crippen LogP contribution in [0.4, 0.5) is 5.69 Å². The maximum atomic E-state index is 5.59. The van der Waals surface area contributed by atoms with Gasteiger partial charge in [-0.05, 0) is 12.1 Å². The van der Waals surface area contributed by atoms with Gasteiger partial charge >= 0.3 is 0 Å². The summed E-state index contributed by atoms with van der Waals surface area (Å²) < 4.78 is 5.23. The Hall–Kier alpha value is -0.890. The zero-order valence-corrected chi connectivity index (χ0v) is 6.84. The van der Waals surface area contributed by atoms with Crippen molar-refractivity contribution in [2.45, 2.75) is 0 Å². The van der Waals surface area contributed by atoms with Gasteiger partial charge in [0, 0.05) is 0 Å². The van der Waals surface area contributed by atoms with Gasteiger partial charge in [-0.3, -0.25) is 0 Å². The first kappa shape index (κ1) is 8.21. The molecule has 0 fully saturated rings. The van der Waals surface area contributed by atoms with Crippen molar-refractivity contribution in [3.05, 3.63) is 24.3 Å². The molecule has 0 atom stereocenters. The summed E-state index contributed by atoms with van der Waals surface area (Å²) in [5.74, 6) is 1.18. The van der Waals surface area contributed by atoms with Crippen LogP contribution in [0, 0.1) is 0 Å². The lowest BCUT2D eigenvalue weighted by Gasteiger charge is -2.05. The van der Waals surface area contributed by atoms with Crippen molar-refractivity contribution in [1.82, 2.24) is 0 Å². The third-order valence-electron chi connectivity index (χ3n) is 1.25. The van der Waals surface area contributed by atoms with Crippen molar-refractivity contribution in [3.8, 4) is 5.75 Å². The van der Waals surface area contributed by atoms with E-state index in [-0.39, 0.29) is 0 Å². The molecule has 0 heterocycles. The maximum absolute atomic E-state index is 5.59. The molecular weight excluding hydrogens is 162 g/mol. The van der Waals surface area contributed by atoms with Gasteiger partial charge in [-0.15, -0.1) is 11.6 Å². The minimum absolute atomic E-state index is 0.480. The number of alkyl halides is 1. The molecule has 0 aliphatic carbocycles. The SMILES string of the molecule is Nc1ccccc1OCCCl. The lowest BCUT2D eigenvalue weighted by Crippen LogP contribution is -2.00. The number of rotatable bonds is 3. The molecule has 0 aliphatic rings. The van der Waals surface area contributed by atoms with Crippen molar-refractivity contribution in [2.75, 3.05) is 18.2 Å². The molecular formula is C8H10ClNO. The Morgan fingerprint density at radius 1 is 1.36 bits per heavy atom. The third-order valence-corrected chi connectivity index (χ3v) is 1.41. The molecule has 3 heteroatoms. The molecule has 0 unspecified atom stereocenters. The molecule has 1 rings (SSSR count). The fourth-order valence-electron chi connectivity index (χ4n) is 0.761. The summed E-state index contributed by atoms with van der Waals surface area (Å²) in [5.41, 5.74) is 6.24. The molecule has 1 aromatic carbocycles. The van der Waals surface area contributed by atoms with Crippen molar-refractivity contribution in [1.29, 1.82) is 0 Å². The van der Waals surface area contributed by atoms with Crippen LogP contribution in [-0.4, -0.2) is 12.5 Å². The van der Waals surface area contributed by atoms with Gasteiger partial charge in [0.15, 0.2) is 0 Å². The Morgan fingerprint density at radius 2 is 2.09 bits per heavy atom. The molecule has 11 heavy (non-hydrogen) atoms. The van der Waals surface area contributed by atoms with Crippen molar-refractivity contribution in [2.24, 2.45) is 0 Å². The predicted octanol–water partition coefficient (Wildman–Crippen LogP) is 1.89. The lowest BCUT2D eigenvalue weighted by molar-refractivity contribution is 0.344. The second kappa shape index (κ2) is 4.09. The minimum Gasteiger partial charge on any atom is -0.490 e. The fraction of sp³-hybridized carbons (Fsp3) is 0.250. The van der Waals surface area contributed by atoms with E-state index in [4.69, 9.17) is 22.1 Å². The van der Waals surface area contributed by atoms with Crippen LogP contribution in [0.5, 0.6) is 5.75 Å². The van der Waals surface area contributed by atoms with Crippen LogP contribution in [0.3, 0.4) is 0 Å². The third kappa shape index (κ3) is 2.31. The molecule has 0 amide bonds. The van der Waals surface area contributed by atoms with E-state index in [0.717, 1.165) is 0 Å². The number of hydrogen-bond acceptors (Lipinski definition) is 2. The van der Waals surface area contributed by atoms with Crippen LogP contribution in [0.25, 0.3) is 0 Å². The number of benzene rings is 1. The molecule has 60 valence electrons. The highest BCUT2D eigenvalue weighted by Gasteiger charge is 1.95. The van der Waals surface area contributed by atoms with Crippen LogP contribution in [0.1, 0.15) is 0 Å². The number of anilines is 1. The molecule has 0 saturated carbocycles. The first-order chi connectivity index (χ1) is 5.34. The largest absolute Gasteiger partial charge is 0.490 e. The lowest BCUT2D eigenvalue weighted by atomic mass is 10.3. The van der Waals surface area contributed by atoms with Crippen LogP contribution in [-0.2, 0) is 0 Å². The number of hydrogen-bond donors (Lipinski definition) is 1. The summed E-state index contributed by atoms with van der Waals surface area (Å²) in [6.45, 7) is 0.496. The summed E-state index contributed by atoms with van der Waals surface area (Å²) in [6.07, 6.45) is 0. The zero-order valence-electron chi connectivity index (χ0n) is 6.09. The van der Waals surface area contributed by atoms with E-state index in [1.54, 1.807) is 6.07 Å². The summed E-state index contributed by atoms with van der Waals surface area (Å²) in [5, 5.41) is 0. The molecule has 2 nitrogen and oxygen atoms in total. The average Bonchev–Trinajstić information content (AvgIpc) is 2.03. The summed E-state index contributed by atoms with van der Waals surface area (Å²) in [4.78, 5) is 0. The summed E-state index contributed by atoms with van der Waals surface area (Å²) >= 11 is 5.44. The highest BCUT2D eigenvalue weighted by Crippen LogP contribution is 2.19. The zero-order chi connectivity index (χ0) is 8.10. The van der Waals surface area contributed by atoms with E-state index < -0.39 is 0 Å². The first-order valence-corrected chi connectivity index (χ1v) is 3.91. The molecule has 1 aromatic rings. The van der Waals surface area contributed by atoms with E-state index >= 15 is 0 Å². The Labute approximate surface area is 70.9 Å². The summed E-state index contributed by atoms with van der Waals surface area (Å²) in [6, 6.07) is 7.36. The summed E-state index contributed by atoms with van der Waals surface area (Å²) in [7, 11) is 0. The Bertz CT molecular complexity index is 227. The normalized spacial score (nSPS) is 9.55. The highest BCUT2D eigenvalue weighted by atomic mass is 35.5. The van der Waals surface area contributed by atoms with Gasteiger partial charge in [-0.1, -0.05) is 12.1 Å². The van der Waals surface area contributed by atoms with E-state index in [1.807, 2.05) is 18.2 Å². The number of para-hydroxylation sites is 2. The molecule has 0 radical (unpaired) electrons. The van der Waals surface area contributed by atoms with Gasteiger partial charge < -0.3 is 10.5 Å². The van der Waals surface area contributed by atoms with Gasteiger partial charge in [0.1, 0.15) is 12.4 Å². The van der Waals surface area contributed by atoms with Crippen LogP contribution < -0.4 is 10.5 Å². The van der Waals surface area contributed by atoms with Gasteiger partial charge in [0.05, 0.1) is 11.6 Å². The van der Waals surface area contributed by atoms with E-state index in [2.05, 4.69) is 0 Å². The first-order valence-electron chi connectivity index (χ1n) is 3.38. The monoisotopic (exact) mass is 171 g/mol. The van der Waals surface area contributed by atoms with Gasteiger partial charge in [-0.25, -0.2) is 0 Å². The van der Waals surface area contributed by atoms with Crippen LogP contribution >= 0.6 is 11.6 Å². The Morgan fingerprint density at radius 3 is 2.73 bits per heavy atom. The second-order valence-electron chi connectivity index (χ2n) is 2.08. The van der Waals surface area contributed by atoms with Gasteiger partial charge in [0.2, 0.25) is 0 Å². The molecule has 0 aromatic heterocycles. The molecule has 0 saturated heterocycles. The fourth-order valence-corrected chi connectivity index (χ4v) is 0.838. The number of nitrogen functional groups attached to an aromatic ring is 1. The van der Waals surface area contributed by atoms with Crippen molar-refractivity contribution < 1.29 is 4.74 Å². The van der Waals surface area contributed by atoms with Gasteiger partial charge in [-0.2, -0.15) is 0 Å². The van der Waals surface area contributed by atoms with Gasteiger partial charge in [0.25, 0.3) is 0 Å². The topological polar surface area (TPSA) is 35.2 Å². The number of nitrogens with two attached hydrogens (primary N) is 1. The number of ether oxygens (including phenoxy) is 1. The highest BCUT2D eigenvalue weighted by molar-refractivity contribution is 6.18. The maximum Gasteiger partial charge on any atom is 0.142 e. The van der Waals surface area contributed by atoms with Crippen LogP contribution in [0.2, 0.25) is 0 Å². The van der Waals surface area contributed by atoms with Crippen molar-refractivity contribution in [3.63, 3.8) is 0 Å². The van der Waals surface area contributed by atoms with Crippen molar-refractivity contribution >= 4 is 17.3 Å². The molecule has 0 spiro atoms. The van der Waals surface area contributed by atoms with Crippen LogP contribution in [0.15, 0.2) is 24.3 Å². The predicted molar refractivity (Wildman–Crippen MR) is 47.1 cm³/mol. The van der Waals surface area contributed by atoms with E-state index in [9.17, 15) is 0 Å². The quantitative estimate of drug-likeness (QED) is 0.557. The van der Waals surface area contributed by atoms with E-state index in [1.165, 1.54) is 0 Å². The molecule has 0 bridgehead atoms. The number of halogens is 1. The minimum atomic E-state index is 0.480. The second-order valence-corrected chi connectivity index (χ2v) is 2.45. The average molecular weight is 172 g/mol. The Balaban J connectivity index is 2.62.